The molecule has 0 spiro atoms. The van der Waals surface area contributed by atoms with E-state index in [2.05, 4.69) is 26.0 Å². The highest BCUT2D eigenvalue weighted by Crippen LogP contribution is 2.52. The molecule has 3 heterocycles. The van der Waals surface area contributed by atoms with Crippen LogP contribution in [0.25, 0.3) is 11.8 Å². The number of rotatable bonds is 8. The molecule has 0 amide bonds. The minimum atomic E-state index is -4.63. The lowest BCUT2D eigenvalue weighted by Crippen LogP contribution is -2.51. The van der Waals surface area contributed by atoms with Gasteiger partial charge in [0.25, 0.3) is 0 Å². The van der Waals surface area contributed by atoms with Gasteiger partial charge in [-0.3, -0.25) is 9.48 Å². The number of fused-ring (bicyclic) bond motifs is 2. The first kappa shape index (κ1) is 30.0. The minimum Gasteiger partial charge on any atom is -0.290 e. The van der Waals surface area contributed by atoms with Crippen molar-refractivity contribution < 1.29 is 26.6 Å². The topological polar surface area (TPSA) is 98.8 Å². The summed E-state index contributed by atoms with van der Waals surface area (Å²) in [5, 5.41) is 8.71. The molecule has 2 fully saturated rings. The van der Waals surface area contributed by atoms with Crippen LogP contribution < -0.4 is 0 Å². The van der Waals surface area contributed by atoms with Crippen LogP contribution >= 0.6 is 11.3 Å². The van der Waals surface area contributed by atoms with Crippen molar-refractivity contribution in [2.45, 2.75) is 55.9 Å². The van der Waals surface area contributed by atoms with Crippen molar-refractivity contribution in [3.8, 4) is 5.69 Å². The molecule has 3 aliphatic carbocycles. The number of thiazole rings is 1. The van der Waals surface area contributed by atoms with Crippen molar-refractivity contribution in [3.63, 3.8) is 0 Å². The standard InChI is InChI=1S/C30H29F4N7O2S2/c1-39-17-36-28(38-39)45(2,43)40(16-18-3-4-18)23-8-5-20-11-24-19(14-37-41(24)22-9-6-21(31)7-10-22)12-29(20,13-23)26(42)27-35-15-25(44-27)30(32,33)34/h6-7,9-11,14-15,17-18,23H,2-5,8,12-13,16H2,1H3/t23-,29-,45?/m0/s1. The zero-order valence-corrected chi connectivity index (χ0v) is 25.8. The van der Waals surface area contributed by atoms with Crippen LogP contribution in [0.3, 0.4) is 0 Å². The van der Waals surface area contributed by atoms with E-state index in [9.17, 15) is 26.6 Å². The highest BCUT2D eigenvalue weighted by Gasteiger charge is 2.52. The number of allylic oxidation sites excluding steroid dienone is 1. The van der Waals surface area contributed by atoms with E-state index in [0.29, 0.717) is 48.5 Å². The van der Waals surface area contributed by atoms with E-state index in [1.54, 1.807) is 30.1 Å². The van der Waals surface area contributed by atoms with Gasteiger partial charge in [0.05, 0.1) is 38.9 Å². The van der Waals surface area contributed by atoms with Crippen molar-refractivity contribution in [2.24, 2.45) is 18.4 Å². The SMILES string of the molecule is C=S(=O)(c1ncn(C)n1)N(CC1CC1)[C@H]1CCC2=Cc3c(cnn3-c3ccc(F)cc3)C[C@]2(C(=O)c2ncc(C(F)(F)F)s2)C1. The number of hydrogen-bond acceptors (Lipinski definition) is 7. The second kappa shape index (κ2) is 10.7. The van der Waals surface area contributed by atoms with Crippen LogP contribution in [0.5, 0.6) is 0 Å². The predicted octanol–water partition coefficient (Wildman–Crippen LogP) is 5.38. The maximum absolute atomic E-state index is 14.5. The average molecular weight is 660 g/mol. The lowest BCUT2D eigenvalue weighted by molar-refractivity contribution is -0.134. The number of benzene rings is 1. The molecule has 9 nitrogen and oxygen atoms in total. The molecule has 45 heavy (non-hydrogen) atoms. The average Bonchev–Trinajstić information content (AvgIpc) is 3.33. The summed E-state index contributed by atoms with van der Waals surface area (Å²) in [6, 6.07) is 5.48. The lowest BCUT2D eigenvalue weighted by atomic mass is 9.61. The molecule has 0 N–H and O–H groups in total. The Balaban J connectivity index is 1.32. The second-order valence-corrected chi connectivity index (χ2v) is 15.2. The number of nitrogens with zero attached hydrogens (tertiary/aromatic N) is 7. The van der Waals surface area contributed by atoms with Gasteiger partial charge in [-0.05, 0) is 86.2 Å². The Morgan fingerprint density at radius 1 is 1.18 bits per heavy atom. The Bertz CT molecular complexity index is 1920. The van der Waals surface area contributed by atoms with Gasteiger partial charge in [-0.1, -0.05) is 5.57 Å². The summed E-state index contributed by atoms with van der Waals surface area (Å²) in [5.41, 5.74) is 1.58. The molecule has 4 aromatic rings. The lowest BCUT2D eigenvalue weighted by Gasteiger charge is -2.47. The van der Waals surface area contributed by atoms with Gasteiger partial charge in [0.15, 0.2) is 5.01 Å². The number of carbonyl (C=O) groups is 1. The molecule has 0 radical (unpaired) electrons. The van der Waals surface area contributed by atoms with Crippen LogP contribution in [0.4, 0.5) is 17.6 Å². The third-order valence-corrected chi connectivity index (χ3v) is 11.9. The van der Waals surface area contributed by atoms with E-state index in [-0.39, 0.29) is 28.8 Å². The molecule has 3 atom stereocenters. The van der Waals surface area contributed by atoms with Gasteiger partial charge in [0.2, 0.25) is 10.9 Å². The fourth-order valence-electron chi connectivity index (χ4n) is 6.47. The molecule has 3 aromatic heterocycles. The molecule has 2 saturated carbocycles. The van der Waals surface area contributed by atoms with Crippen LogP contribution in [0.1, 0.15) is 58.0 Å². The monoisotopic (exact) mass is 659 g/mol. The first-order valence-electron chi connectivity index (χ1n) is 14.5. The molecule has 1 unspecified atom stereocenters. The molecular weight excluding hydrogens is 631 g/mol. The van der Waals surface area contributed by atoms with E-state index in [4.69, 9.17) is 0 Å². The summed E-state index contributed by atoms with van der Waals surface area (Å²) in [7, 11) is -1.47. The first-order valence-corrected chi connectivity index (χ1v) is 17.0. The molecule has 0 aliphatic heterocycles. The number of alkyl halides is 3. The molecule has 236 valence electrons. The maximum atomic E-state index is 14.5. The number of carbonyl (C=O) groups excluding carboxylic acids is 1. The molecule has 7 rings (SSSR count). The summed E-state index contributed by atoms with van der Waals surface area (Å²) < 4.78 is 73.7. The molecule has 0 saturated heterocycles. The Morgan fingerprint density at radius 3 is 2.58 bits per heavy atom. The Kier molecular flexibility index (Phi) is 7.13. The van der Waals surface area contributed by atoms with Crippen LogP contribution in [0.2, 0.25) is 0 Å². The van der Waals surface area contributed by atoms with Crippen molar-refractivity contribution >= 4 is 38.8 Å². The fraction of sp³-hybridized carbons (Fsp3) is 0.400. The van der Waals surface area contributed by atoms with E-state index < -0.39 is 38.0 Å². The molecule has 3 aliphatic rings. The smallest absolute Gasteiger partial charge is 0.290 e. The highest BCUT2D eigenvalue weighted by atomic mass is 32.2. The molecule has 1 aromatic carbocycles. The van der Waals surface area contributed by atoms with Gasteiger partial charge < -0.3 is 0 Å². The number of aryl methyl sites for hydroxylation is 1. The van der Waals surface area contributed by atoms with Crippen LogP contribution in [0.15, 0.2) is 53.7 Å². The van der Waals surface area contributed by atoms with E-state index >= 15 is 0 Å². The van der Waals surface area contributed by atoms with Gasteiger partial charge in [-0.15, -0.1) is 16.4 Å². The molecule has 0 bridgehead atoms. The van der Waals surface area contributed by atoms with Gasteiger partial charge >= 0.3 is 6.18 Å². The minimum absolute atomic E-state index is 0.105. The van der Waals surface area contributed by atoms with Crippen molar-refractivity contribution in [3.05, 3.63) is 75.5 Å². The number of aromatic nitrogens is 6. The number of ketones is 1. The largest absolute Gasteiger partial charge is 0.427 e. The number of hydrogen-bond donors (Lipinski definition) is 0. The summed E-state index contributed by atoms with van der Waals surface area (Å²) in [6.07, 6.45) is 4.35. The van der Waals surface area contributed by atoms with E-state index in [1.165, 1.54) is 23.1 Å². The third-order valence-electron chi connectivity index (χ3n) is 8.91. The third kappa shape index (κ3) is 5.33. The summed E-state index contributed by atoms with van der Waals surface area (Å²) in [4.78, 5) is 21.7. The van der Waals surface area contributed by atoms with Crippen LogP contribution in [0, 0.1) is 17.2 Å². The van der Waals surface area contributed by atoms with Crippen LogP contribution in [-0.2, 0) is 29.4 Å². The number of Topliss-reactive ketones (excluding diaryl/α,β-unsaturated/α-hetero) is 1. The van der Waals surface area contributed by atoms with Gasteiger partial charge in [0, 0.05) is 19.6 Å². The predicted molar refractivity (Wildman–Crippen MR) is 161 cm³/mol. The van der Waals surface area contributed by atoms with Gasteiger partial charge in [-0.25, -0.2) is 27.6 Å². The summed E-state index contributed by atoms with van der Waals surface area (Å²) in [6.45, 7) is 0.484. The van der Waals surface area contributed by atoms with Crippen LogP contribution in [-0.4, -0.2) is 62.3 Å². The Morgan fingerprint density at radius 2 is 1.93 bits per heavy atom. The summed E-state index contributed by atoms with van der Waals surface area (Å²) >= 11 is 0.338. The van der Waals surface area contributed by atoms with Crippen molar-refractivity contribution in [1.82, 2.24) is 33.8 Å². The van der Waals surface area contributed by atoms with Crippen molar-refractivity contribution in [1.29, 1.82) is 0 Å². The quantitative estimate of drug-likeness (QED) is 0.143. The van der Waals surface area contributed by atoms with E-state index in [1.807, 2.05) is 10.4 Å². The van der Waals surface area contributed by atoms with Crippen molar-refractivity contribution in [2.75, 3.05) is 6.54 Å². The Hall–Kier alpha value is -3.69. The molecule has 15 heteroatoms. The zero-order valence-electron chi connectivity index (χ0n) is 24.2. The second-order valence-electron chi connectivity index (χ2n) is 12.0. The molecular formula is C30H29F4N7O2S2. The Labute approximate surface area is 260 Å². The van der Waals surface area contributed by atoms with Gasteiger partial charge in [-0.2, -0.15) is 18.3 Å². The van der Waals surface area contributed by atoms with E-state index in [0.717, 1.165) is 29.7 Å². The summed E-state index contributed by atoms with van der Waals surface area (Å²) in [5.74, 6) is 3.52. The maximum Gasteiger partial charge on any atom is 0.427 e. The fourth-order valence-corrected chi connectivity index (χ4v) is 9.08. The van der Waals surface area contributed by atoms with Gasteiger partial charge in [0.1, 0.15) is 17.0 Å². The normalized spacial score (nSPS) is 22.9. The first-order chi connectivity index (χ1) is 21.3. The zero-order chi connectivity index (χ0) is 31.7. The number of halogens is 4. The highest BCUT2D eigenvalue weighted by molar-refractivity contribution is 7.98.